The Kier molecular flexibility index (Phi) is 6.48. The van der Waals surface area contributed by atoms with Crippen molar-refractivity contribution in [3.8, 4) is 28.8 Å². The SMILES string of the molecule is C[C@@H](Nc1ccc(-c2cc(OCC(C)(C)O)cn3ncc(C#N)c23)cn1)c1ccc(-n2cc(F)cn2)nc1. The standard InChI is InChI=1S/C27H25FN8O2/c1-17(18-5-7-25(31-10-18)35-14-21(28)13-33-35)34-24-6-4-19(11-30-24)23-8-22(38-16-27(2,3)37)15-36-26(23)20(9-29)12-32-36/h4-8,10-15,17,37H,16H2,1-3H3,(H,30,34)/t17-/m1/s1. The van der Waals surface area contributed by atoms with E-state index in [1.54, 1.807) is 43.0 Å². The molecule has 0 bridgehead atoms. The van der Waals surface area contributed by atoms with Crippen LogP contribution in [0.2, 0.25) is 0 Å². The number of rotatable bonds is 8. The van der Waals surface area contributed by atoms with Crippen LogP contribution < -0.4 is 10.1 Å². The Balaban J connectivity index is 1.37. The van der Waals surface area contributed by atoms with Gasteiger partial charge in [-0.2, -0.15) is 15.5 Å². The Morgan fingerprint density at radius 1 is 1.11 bits per heavy atom. The first kappa shape index (κ1) is 24.9. The molecule has 0 unspecified atom stereocenters. The van der Waals surface area contributed by atoms with Gasteiger partial charge in [0, 0.05) is 23.5 Å². The van der Waals surface area contributed by atoms with Gasteiger partial charge in [0.2, 0.25) is 0 Å². The number of halogens is 1. The third kappa shape index (κ3) is 5.30. The summed E-state index contributed by atoms with van der Waals surface area (Å²) in [5.41, 5.74) is 2.49. The molecule has 0 aliphatic heterocycles. The lowest BCUT2D eigenvalue weighted by Crippen LogP contribution is -2.27. The molecule has 2 N–H and O–H groups in total. The van der Waals surface area contributed by atoms with Gasteiger partial charge in [-0.3, -0.25) is 0 Å². The minimum absolute atomic E-state index is 0.0952. The zero-order valence-electron chi connectivity index (χ0n) is 21.0. The van der Waals surface area contributed by atoms with Gasteiger partial charge in [0.15, 0.2) is 11.6 Å². The number of nitrogens with one attached hydrogen (secondary N) is 1. The molecule has 10 nitrogen and oxygen atoms in total. The molecule has 5 aromatic heterocycles. The van der Waals surface area contributed by atoms with Crippen LogP contribution in [0.5, 0.6) is 5.75 Å². The lowest BCUT2D eigenvalue weighted by Gasteiger charge is -2.18. The average molecular weight is 513 g/mol. The van der Waals surface area contributed by atoms with E-state index in [4.69, 9.17) is 4.74 Å². The Hall–Kier alpha value is -4.82. The summed E-state index contributed by atoms with van der Waals surface area (Å²) in [6.45, 7) is 5.40. The van der Waals surface area contributed by atoms with Crippen LogP contribution in [0.15, 0.2) is 67.5 Å². The molecule has 0 spiro atoms. The largest absolute Gasteiger partial charge is 0.489 e. The molecule has 0 aromatic carbocycles. The number of hydrogen-bond acceptors (Lipinski definition) is 8. The second-order valence-corrected chi connectivity index (χ2v) is 9.50. The summed E-state index contributed by atoms with van der Waals surface area (Å²) in [4.78, 5) is 8.94. The molecular formula is C27H25FN8O2. The normalized spacial score (nSPS) is 12.3. The van der Waals surface area contributed by atoms with Crippen molar-refractivity contribution in [2.75, 3.05) is 11.9 Å². The van der Waals surface area contributed by atoms with E-state index in [9.17, 15) is 14.8 Å². The summed E-state index contributed by atoms with van der Waals surface area (Å²) in [5, 5.41) is 31.2. The molecule has 0 amide bonds. The number of hydrogen-bond donors (Lipinski definition) is 2. The lowest BCUT2D eigenvalue weighted by atomic mass is 10.1. The molecule has 1 atom stereocenters. The fourth-order valence-corrected chi connectivity index (χ4v) is 3.90. The second kappa shape index (κ2) is 9.91. The van der Waals surface area contributed by atoms with Gasteiger partial charge in [-0.1, -0.05) is 6.07 Å². The second-order valence-electron chi connectivity index (χ2n) is 9.50. The molecule has 0 fully saturated rings. The first-order valence-electron chi connectivity index (χ1n) is 11.9. The Labute approximate surface area is 218 Å². The number of nitriles is 1. The predicted octanol–water partition coefficient (Wildman–Crippen LogP) is 4.31. The molecule has 11 heteroatoms. The number of pyridine rings is 3. The monoisotopic (exact) mass is 512 g/mol. The highest BCUT2D eigenvalue weighted by atomic mass is 19.1. The number of nitrogens with zero attached hydrogens (tertiary/aromatic N) is 7. The highest BCUT2D eigenvalue weighted by Crippen LogP contribution is 2.31. The molecule has 192 valence electrons. The number of fused-ring (bicyclic) bond motifs is 1. The van der Waals surface area contributed by atoms with Crippen molar-refractivity contribution in [2.45, 2.75) is 32.4 Å². The van der Waals surface area contributed by atoms with Crippen molar-refractivity contribution in [1.82, 2.24) is 29.4 Å². The molecule has 38 heavy (non-hydrogen) atoms. The number of anilines is 1. The van der Waals surface area contributed by atoms with Crippen LogP contribution in [0.4, 0.5) is 10.2 Å². The van der Waals surface area contributed by atoms with Crippen LogP contribution in [-0.2, 0) is 0 Å². The highest BCUT2D eigenvalue weighted by molar-refractivity contribution is 5.85. The van der Waals surface area contributed by atoms with E-state index in [1.807, 2.05) is 31.2 Å². The third-order valence-electron chi connectivity index (χ3n) is 5.79. The maximum atomic E-state index is 13.2. The van der Waals surface area contributed by atoms with Crippen LogP contribution in [0.1, 0.15) is 37.9 Å². The fraction of sp³-hybridized carbons (Fsp3) is 0.222. The minimum atomic E-state index is -1.00. The van der Waals surface area contributed by atoms with E-state index in [1.165, 1.54) is 17.1 Å². The Morgan fingerprint density at radius 3 is 2.58 bits per heavy atom. The van der Waals surface area contributed by atoms with Crippen LogP contribution >= 0.6 is 0 Å². The van der Waals surface area contributed by atoms with Crippen LogP contribution in [-0.4, -0.2) is 46.7 Å². The number of ether oxygens (including phenoxy) is 1. The lowest BCUT2D eigenvalue weighted by molar-refractivity contribution is 0.0283. The summed E-state index contributed by atoms with van der Waals surface area (Å²) in [7, 11) is 0. The molecule has 5 heterocycles. The summed E-state index contributed by atoms with van der Waals surface area (Å²) < 4.78 is 22.0. The van der Waals surface area contributed by atoms with E-state index in [2.05, 4.69) is 31.6 Å². The van der Waals surface area contributed by atoms with Crippen molar-refractivity contribution in [3.63, 3.8) is 0 Å². The van der Waals surface area contributed by atoms with Gasteiger partial charge in [-0.05, 0) is 50.6 Å². The van der Waals surface area contributed by atoms with Crippen molar-refractivity contribution >= 4 is 11.3 Å². The van der Waals surface area contributed by atoms with Crippen molar-refractivity contribution in [3.05, 3.63) is 84.5 Å². The van der Waals surface area contributed by atoms with Gasteiger partial charge in [-0.25, -0.2) is 23.6 Å². The summed E-state index contributed by atoms with van der Waals surface area (Å²) in [5.74, 6) is 1.25. The topological polar surface area (TPSA) is 126 Å². The van der Waals surface area contributed by atoms with E-state index < -0.39 is 11.4 Å². The van der Waals surface area contributed by atoms with Gasteiger partial charge in [0.1, 0.15) is 24.2 Å². The van der Waals surface area contributed by atoms with Crippen molar-refractivity contribution in [1.29, 1.82) is 5.26 Å². The number of aromatic nitrogens is 6. The first-order valence-corrected chi connectivity index (χ1v) is 11.9. The summed E-state index contributed by atoms with van der Waals surface area (Å²) in [6, 6.07) is 11.3. The predicted molar refractivity (Wildman–Crippen MR) is 138 cm³/mol. The van der Waals surface area contributed by atoms with E-state index in [0.717, 1.165) is 22.9 Å². The smallest absolute Gasteiger partial charge is 0.161 e. The van der Waals surface area contributed by atoms with Gasteiger partial charge in [0.25, 0.3) is 0 Å². The summed E-state index contributed by atoms with van der Waals surface area (Å²) >= 11 is 0. The molecular weight excluding hydrogens is 487 g/mol. The van der Waals surface area contributed by atoms with E-state index in [-0.39, 0.29) is 12.6 Å². The van der Waals surface area contributed by atoms with Crippen LogP contribution in [0, 0.1) is 17.1 Å². The Morgan fingerprint density at radius 2 is 1.95 bits per heavy atom. The first-order chi connectivity index (χ1) is 18.2. The quantitative estimate of drug-likeness (QED) is 0.315. The maximum absolute atomic E-state index is 13.2. The number of aliphatic hydroxyl groups is 1. The molecule has 0 saturated carbocycles. The van der Waals surface area contributed by atoms with E-state index in [0.29, 0.717) is 28.5 Å². The van der Waals surface area contributed by atoms with Crippen LogP contribution in [0.25, 0.3) is 22.5 Å². The zero-order chi connectivity index (χ0) is 26.9. The average Bonchev–Trinajstić information content (AvgIpc) is 3.53. The van der Waals surface area contributed by atoms with Gasteiger partial charge in [0.05, 0.1) is 47.5 Å². The minimum Gasteiger partial charge on any atom is -0.489 e. The molecule has 5 aromatic rings. The summed E-state index contributed by atoms with van der Waals surface area (Å²) in [6.07, 6.45) is 9.01. The Bertz CT molecular complexity index is 1610. The van der Waals surface area contributed by atoms with Gasteiger partial charge < -0.3 is 15.2 Å². The molecule has 0 aliphatic carbocycles. The van der Waals surface area contributed by atoms with Crippen molar-refractivity contribution in [2.24, 2.45) is 0 Å². The van der Waals surface area contributed by atoms with E-state index >= 15 is 0 Å². The molecule has 0 radical (unpaired) electrons. The third-order valence-corrected chi connectivity index (χ3v) is 5.79. The van der Waals surface area contributed by atoms with Crippen molar-refractivity contribution < 1.29 is 14.2 Å². The highest BCUT2D eigenvalue weighted by Gasteiger charge is 2.17. The molecule has 5 rings (SSSR count). The van der Waals surface area contributed by atoms with Gasteiger partial charge in [-0.15, -0.1) is 0 Å². The molecule has 0 aliphatic rings. The fourth-order valence-electron chi connectivity index (χ4n) is 3.90. The maximum Gasteiger partial charge on any atom is 0.161 e. The zero-order valence-corrected chi connectivity index (χ0v) is 21.0. The van der Waals surface area contributed by atoms with Crippen LogP contribution in [0.3, 0.4) is 0 Å². The molecule has 0 saturated heterocycles. The van der Waals surface area contributed by atoms with Gasteiger partial charge >= 0.3 is 0 Å².